The maximum absolute atomic E-state index is 12.4. The lowest BCUT2D eigenvalue weighted by molar-refractivity contribution is -0.112. The van der Waals surface area contributed by atoms with Gasteiger partial charge in [0.2, 0.25) is 0 Å². The lowest BCUT2D eigenvalue weighted by Gasteiger charge is -2.12. The molecule has 0 aromatic heterocycles. The van der Waals surface area contributed by atoms with Crippen LogP contribution in [0, 0.1) is 11.3 Å². The van der Waals surface area contributed by atoms with Gasteiger partial charge in [0.25, 0.3) is 5.91 Å². The van der Waals surface area contributed by atoms with Crippen LogP contribution in [0.5, 0.6) is 11.5 Å². The van der Waals surface area contributed by atoms with Gasteiger partial charge in [0.1, 0.15) is 23.1 Å². The first-order chi connectivity index (χ1) is 12.5. The van der Waals surface area contributed by atoms with Crippen molar-refractivity contribution in [1.29, 1.82) is 5.26 Å². The molecule has 0 aliphatic rings. The SMILES string of the molecule is CCOc1ccc(NC(=O)/C(C#N)=C/c2ccccc2OC(C)C)cc1. The van der Waals surface area contributed by atoms with Gasteiger partial charge in [-0.3, -0.25) is 4.79 Å². The van der Waals surface area contributed by atoms with Crippen molar-refractivity contribution in [3.63, 3.8) is 0 Å². The average Bonchev–Trinajstić information content (AvgIpc) is 2.62. The second-order valence-corrected chi connectivity index (χ2v) is 5.79. The number of rotatable bonds is 7. The fourth-order valence-corrected chi connectivity index (χ4v) is 2.26. The Bertz CT molecular complexity index is 818. The van der Waals surface area contributed by atoms with Crippen LogP contribution in [-0.4, -0.2) is 18.6 Å². The van der Waals surface area contributed by atoms with Crippen molar-refractivity contribution in [3.8, 4) is 17.6 Å². The predicted octanol–water partition coefficient (Wildman–Crippen LogP) is 4.42. The molecule has 0 aliphatic heterocycles. The Balaban J connectivity index is 2.18. The number of nitrogens with one attached hydrogen (secondary N) is 1. The zero-order valence-corrected chi connectivity index (χ0v) is 15.2. The van der Waals surface area contributed by atoms with E-state index < -0.39 is 5.91 Å². The molecule has 0 aliphatic carbocycles. The van der Waals surface area contributed by atoms with Crippen molar-refractivity contribution >= 4 is 17.7 Å². The van der Waals surface area contributed by atoms with Crippen molar-refractivity contribution in [2.75, 3.05) is 11.9 Å². The molecule has 1 amide bonds. The van der Waals surface area contributed by atoms with E-state index in [-0.39, 0.29) is 11.7 Å². The van der Waals surface area contributed by atoms with Gasteiger partial charge in [-0.05, 0) is 57.2 Å². The summed E-state index contributed by atoms with van der Waals surface area (Å²) in [6.45, 7) is 6.32. The van der Waals surface area contributed by atoms with Gasteiger partial charge in [-0.1, -0.05) is 18.2 Å². The standard InChI is InChI=1S/C21H22N2O3/c1-4-25-19-11-9-18(10-12-19)23-21(24)17(14-22)13-16-7-5-6-8-20(16)26-15(2)3/h5-13,15H,4H2,1-3H3,(H,23,24)/b17-13+. The minimum atomic E-state index is -0.476. The summed E-state index contributed by atoms with van der Waals surface area (Å²) in [6, 6.07) is 16.2. The normalized spacial score (nSPS) is 11.0. The summed E-state index contributed by atoms with van der Waals surface area (Å²) < 4.78 is 11.1. The molecular formula is C21H22N2O3. The number of anilines is 1. The molecule has 0 saturated heterocycles. The van der Waals surface area contributed by atoms with E-state index in [2.05, 4.69) is 5.32 Å². The van der Waals surface area contributed by atoms with Crippen LogP contribution < -0.4 is 14.8 Å². The number of ether oxygens (including phenoxy) is 2. The first-order valence-electron chi connectivity index (χ1n) is 8.45. The molecule has 5 heteroatoms. The minimum Gasteiger partial charge on any atom is -0.494 e. The zero-order valence-electron chi connectivity index (χ0n) is 15.2. The van der Waals surface area contributed by atoms with E-state index in [0.29, 0.717) is 23.6 Å². The first-order valence-corrected chi connectivity index (χ1v) is 8.45. The van der Waals surface area contributed by atoms with Crippen molar-refractivity contribution in [2.24, 2.45) is 0 Å². The highest BCUT2D eigenvalue weighted by atomic mass is 16.5. The number of benzene rings is 2. The number of para-hydroxylation sites is 1. The summed E-state index contributed by atoms with van der Waals surface area (Å²) in [4.78, 5) is 12.4. The molecule has 1 N–H and O–H groups in total. The van der Waals surface area contributed by atoms with Crippen LogP contribution in [0.1, 0.15) is 26.3 Å². The molecule has 0 fully saturated rings. The molecule has 5 nitrogen and oxygen atoms in total. The Kier molecular flexibility index (Phi) is 6.81. The minimum absolute atomic E-state index is 0.00121. The van der Waals surface area contributed by atoms with Crippen LogP contribution >= 0.6 is 0 Å². The van der Waals surface area contributed by atoms with Crippen LogP contribution in [0.3, 0.4) is 0 Å². The number of carbonyl (C=O) groups is 1. The summed E-state index contributed by atoms with van der Waals surface area (Å²) in [5.41, 5.74) is 1.27. The molecule has 26 heavy (non-hydrogen) atoms. The molecule has 2 aromatic carbocycles. The van der Waals surface area contributed by atoms with Gasteiger partial charge in [0.05, 0.1) is 12.7 Å². The summed E-state index contributed by atoms with van der Waals surface area (Å²) in [7, 11) is 0. The number of carbonyl (C=O) groups excluding carboxylic acids is 1. The van der Waals surface area contributed by atoms with E-state index in [1.165, 1.54) is 6.08 Å². The third kappa shape index (κ3) is 5.38. The Morgan fingerprint density at radius 2 is 1.88 bits per heavy atom. The van der Waals surface area contributed by atoms with Gasteiger partial charge >= 0.3 is 0 Å². The van der Waals surface area contributed by atoms with Crippen molar-refractivity contribution in [2.45, 2.75) is 26.9 Å². The second-order valence-electron chi connectivity index (χ2n) is 5.79. The zero-order chi connectivity index (χ0) is 18.9. The van der Waals surface area contributed by atoms with Crippen LogP contribution in [0.25, 0.3) is 6.08 Å². The van der Waals surface area contributed by atoms with Crippen molar-refractivity contribution in [3.05, 3.63) is 59.7 Å². The number of nitrogens with zero attached hydrogens (tertiary/aromatic N) is 1. The Morgan fingerprint density at radius 3 is 2.50 bits per heavy atom. The Hall–Kier alpha value is -3.26. The Labute approximate surface area is 153 Å². The number of amides is 1. The van der Waals surface area contributed by atoms with E-state index in [9.17, 15) is 10.1 Å². The lowest BCUT2D eigenvalue weighted by atomic mass is 10.1. The van der Waals surface area contributed by atoms with Crippen LogP contribution in [-0.2, 0) is 4.79 Å². The first kappa shape index (κ1) is 19.1. The Morgan fingerprint density at radius 1 is 1.19 bits per heavy atom. The van der Waals surface area contributed by atoms with Gasteiger partial charge in [0, 0.05) is 11.3 Å². The van der Waals surface area contributed by atoms with Crippen molar-refractivity contribution < 1.29 is 14.3 Å². The highest BCUT2D eigenvalue weighted by Crippen LogP contribution is 2.23. The summed E-state index contributed by atoms with van der Waals surface area (Å²) in [5.74, 6) is 0.876. The molecule has 0 spiro atoms. The van der Waals surface area contributed by atoms with E-state index in [1.54, 1.807) is 30.3 Å². The average molecular weight is 350 g/mol. The third-order valence-corrected chi connectivity index (χ3v) is 3.37. The molecule has 0 atom stereocenters. The van der Waals surface area contributed by atoms with Gasteiger partial charge in [-0.25, -0.2) is 0 Å². The predicted molar refractivity (Wildman–Crippen MR) is 102 cm³/mol. The fraction of sp³-hybridized carbons (Fsp3) is 0.238. The number of hydrogen-bond acceptors (Lipinski definition) is 4. The lowest BCUT2D eigenvalue weighted by Crippen LogP contribution is -2.13. The summed E-state index contributed by atoms with van der Waals surface area (Å²) in [5, 5.41) is 12.1. The monoisotopic (exact) mass is 350 g/mol. The number of nitriles is 1. The van der Waals surface area contributed by atoms with Crippen LogP contribution in [0.15, 0.2) is 54.1 Å². The highest BCUT2D eigenvalue weighted by Gasteiger charge is 2.12. The fourth-order valence-electron chi connectivity index (χ4n) is 2.26. The van der Waals surface area contributed by atoms with Gasteiger partial charge < -0.3 is 14.8 Å². The molecular weight excluding hydrogens is 328 g/mol. The quantitative estimate of drug-likeness (QED) is 0.593. The van der Waals surface area contributed by atoms with E-state index in [1.807, 2.05) is 45.0 Å². The molecule has 0 radical (unpaired) electrons. The third-order valence-electron chi connectivity index (χ3n) is 3.37. The molecule has 0 heterocycles. The van der Waals surface area contributed by atoms with E-state index >= 15 is 0 Å². The maximum Gasteiger partial charge on any atom is 0.266 e. The summed E-state index contributed by atoms with van der Waals surface area (Å²) >= 11 is 0. The van der Waals surface area contributed by atoms with Gasteiger partial charge in [-0.15, -0.1) is 0 Å². The molecule has 0 unspecified atom stereocenters. The van der Waals surface area contributed by atoms with Gasteiger partial charge in [0.15, 0.2) is 0 Å². The molecule has 134 valence electrons. The maximum atomic E-state index is 12.4. The molecule has 0 saturated carbocycles. The molecule has 0 bridgehead atoms. The van der Waals surface area contributed by atoms with Crippen molar-refractivity contribution in [1.82, 2.24) is 0 Å². The highest BCUT2D eigenvalue weighted by molar-refractivity contribution is 6.09. The van der Waals surface area contributed by atoms with E-state index in [4.69, 9.17) is 9.47 Å². The molecule has 2 rings (SSSR count). The largest absolute Gasteiger partial charge is 0.494 e. The summed E-state index contributed by atoms with van der Waals surface area (Å²) in [6.07, 6.45) is 1.52. The van der Waals surface area contributed by atoms with E-state index in [0.717, 1.165) is 5.75 Å². The number of hydrogen-bond donors (Lipinski definition) is 1. The second kappa shape index (κ2) is 9.28. The van der Waals surface area contributed by atoms with Crippen LogP contribution in [0.4, 0.5) is 5.69 Å². The topological polar surface area (TPSA) is 71.3 Å². The van der Waals surface area contributed by atoms with Crippen LogP contribution in [0.2, 0.25) is 0 Å². The smallest absolute Gasteiger partial charge is 0.266 e. The molecule has 2 aromatic rings. The van der Waals surface area contributed by atoms with Gasteiger partial charge in [-0.2, -0.15) is 5.26 Å².